The van der Waals surface area contributed by atoms with Crippen molar-refractivity contribution in [1.82, 2.24) is 4.57 Å². The molecule has 0 unspecified atom stereocenters. The number of primary amides is 1. The molecule has 4 aromatic rings. The van der Waals surface area contributed by atoms with E-state index in [-0.39, 0.29) is 0 Å². The average Bonchev–Trinajstić information content (AvgIpc) is 3.07. The number of nitrogens with two attached hydrogens (primary N) is 1. The third-order valence-corrected chi connectivity index (χ3v) is 5.36. The van der Waals surface area contributed by atoms with E-state index in [0.717, 1.165) is 34.3 Å². The molecule has 1 aromatic heterocycles. The minimum Gasteiger partial charge on any atom is -0.363 e. The number of carbonyl (C=O) groups is 2. The summed E-state index contributed by atoms with van der Waals surface area (Å²) in [7, 11) is 0. The van der Waals surface area contributed by atoms with Crippen LogP contribution in [0.5, 0.6) is 0 Å². The normalized spacial score (nSPS) is 11.0. The van der Waals surface area contributed by atoms with Gasteiger partial charge in [-0.1, -0.05) is 80.1 Å². The first kappa shape index (κ1) is 19.6. The molecule has 0 aliphatic rings. The van der Waals surface area contributed by atoms with E-state index in [0.29, 0.717) is 23.9 Å². The van der Waals surface area contributed by atoms with Gasteiger partial charge in [-0.25, -0.2) is 0 Å². The minimum atomic E-state index is -0.937. The quantitative estimate of drug-likeness (QED) is 0.362. The first-order chi connectivity index (χ1) is 14.6. The number of amides is 1. The van der Waals surface area contributed by atoms with Crippen LogP contribution in [0.25, 0.3) is 22.0 Å². The summed E-state index contributed by atoms with van der Waals surface area (Å²) in [5.74, 6) is -1.59. The minimum absolute atomic E-state index is 0.386. The summed E-state index contributed by atoms with van der Waals surface area (Å²) in [5.41, 5.74) is 10.9. The van der Waals surface area contributed by atoms with Gasteiger partial charge in [0, 0.05) is 23.1 Å². The van der Waals surface area contributed by atoms with E-state index < -0.39 is 11.7 Å². The summed E-state index contributed by atoms with van der Waals surface area (Å²) < 4.78 is 2.13. The Morgan fingerprint density at radius 1 is 0.967 bits per heavy atom. The van der Waals surface area contributed by atoms with Crippen molar-refractivity contribution in [3.63, 3.8) is 0 Å². The molecule has 30 heavy (non-hydrogen) atoms. The van der Waals surface area contributed by atoms with Gasteiger partial charge in [-0.2, -0.15) is 0 Å². The molecule has 0 saturated heterocycles. The Hall–Kier alpha value is -3.66. The van der Waals surface area contributed by atoms with Crippen LogP contribution in [0, 0.1) is 6.07 Å². The van der Waals surface area contributed by atoms with Crippen molar-refractivity contribution in [2.24, 2.45) is 5.73 Å². The lowest BCUT2D eigenvalue weighted by atomic mass is 9.99. The number of ketones is 1. The summed E-state index contributed by atoms with van der Waals surface area (Å²) in [6.45, 7) is 2.64. The van der Waals surface area contributed by atoms with Crippen LogP contribution in [-0.4, -0.2) is 16.3 Å². The Labute approximate surface area is 175 Å². The zero-order valence-electron chi connectivity index (χ0n) is 16.9. The zero-order chi connectivity index (χ0) is 21.1. The Kier molecular flexibility index (Phi) is 5.48. The number of benzene rings is 3. The molecule has 0 bridgehead atoms. The number of hydrogen-bond acceptors (Lipinski definition) is 2. The third-order valence-electron chi connectivity index (χ3n) is 5.36. The molecule has 0 fully saturated rings. The highest BCUT2D eigenvalue weighted by atomic mass is 16.2. The van der Waals surface area contributed by atoms with E-state index in [1.807, 2.05) is 42.5 Å². The molecular weight excluding hydrogens is 372 g/mol. The van der Waals surface area contributed by atoms with Gasteiger partial charge < -0.3 is 10.3 Å². The maximum absolute atomic E-state index is 12.7. The van der Waals surface area contributed by atoms with Gasteiger partial charge in [-0.15, -0.1) is 0 Å². The van der Waals surface area contributed by atoms with E-state index in [9.17, 15) is 9.59 Å². The first-order valence-electron chi connectivity index (χ1n) is 10.1. The molecular formula is C26H23N2O2. The molecule has 0 saturated carbocycles. The number of hydrogen-bond donors (Lipinski definition) is 1. The van der Waals surface area contributed by atoms with Crippen LogP contribution in [-0.2, 0) is 17.8 Å². The molecule has 4 rings (SSSR count). The fraction of sp³-hybridized carbons (Fsp3) is 0.154. The Balaban J connectivity index is 1.92. The first-order valence-corrected chi connectivity index (χ1v) is 10.1. The van der Waals surface area contributed by atoms with E-state index in [1.165, 1.54) is 0 Å². The molecule has 0 aliphatic heterocycles. The lowest BCUT2D eigenvalue weighted by Gasteiger charge is -2.15. The highest BCUT2D eigenvalue weighted by Gasteiger charge is 2.25. The van der Waals surface area contributed by atoms with E-state index in [2.05, 4.69) is 41.8 Å². The number of nitrogens with zero attached hydrogens (tertiary/aromatic N) is 1. The Morgan fingerprint density at radius 3 is 2.43 bits per heavy atom. The van der Waals surface area contributed by atoms with Crippen LogP contribution in [0.15, 0.2) is 72.8 Å². The standard InChI is InChI=1S/C26H23N2O2/c1-2-10-23-24(25(29)26(27)30)21-15-8-9-16-22(21)28(23)17-19-13-6-7-14-20(19)18-11-4-3-5-12-18/h3-9,11-14,16H,2,10,17H2,1H3,(H2,27,30). The van der Waals surface area contributed by atoms with Gasteiger partial charge in [0.25, 0.3) is 11.7 Å². The molecule has 1 amide bonds. The lowest BCUT2D eigenvalue weighted by Crippen LogP contribution is -2.24. The van der Waals surface area contributed by atoms with Crippen LogP contribution in [0.4, 0.5) is 0 Å². The van der Waals surface area contributed by atoms with Gasteiger partial charge in [-0.05, 0) is 35.2 Å². The molecule has 1 heterocycles. The van der Waals surface area contributed by atoms with Gasteiger partial charge in [0.15, 0.2) is 0 Å². The average molecular weight is 395 g/mol. The largest absolute Gasteiger partial charge is 0.363 e. The SMILES string of the molecule is CCCc1c(C(=O)C(N)=O)c2[c]cccc2n1Cc1ccccc1-c1ccccc1. The van der Waals surface area contributed by atoms with Crippen LogP contribution in [0.3, 0.4) is 0 Å². The molecule has 2 N–H and O–H groups in total. The monoisotopic (exact) mass is 395 g/mol. The summed E-state index contributed by atoms with van der Waals surface area (Å²) in [5, 5.41) is 0.655. The van der Waals surface area contributed by atoms with Crippen molar-refractivity contribution in [3.05, 3.63) is 95.7 Å². The number of rotatable bonds is 7. The number of aromatic nitrogens is 1. The third kappa shape index (κ3) is 3.52. The van der Waals surface area contributed by atoms with Crippen molar-refractivity contribution in [2.75, 3.05) is 0 Å². The van der Waals surface area contributed by atoms with Crippen molar-refractivity contribution >= 4 is 22.6 Å². The fourth-order valence-corrected chi connectivity index (χ4v) is 4.05. The molecule has 0 spiro atoms. The maximum atomic E-state index is 12.7. The molecule has 3 aromatic carbocycles. The summed E-state index contributed by atoms with van der Waals surface area (Å²) in [6.07, 6.45) is 1.51. The predicted octanol–water partition coefficient (Wildman–Crippen LogP) is 4.78. The molecule has 4 heteroatoms. The van der Waals surface area contributed by atoms with Crippen molar-refractivity contribution < 1.29 is 9.59 Å². The van der Waals surface area contributed by atoms with Crippen LogP contribution in [0.2, 0.25) is 0 Å². The predicted molar refractivity (Wildman–Crippen MR) is 119 cm³/mol. The van der Waals surface area contributed by atoms with Crippen molar-refractivity contribution in [3.8, 4) is 11.1 Å². The molecule has 0 aliphatic carbocycles. The second kappa shape index (κ2) is 8.37. The molecule has 1 radical (unpaired) electrons. The second-order valence-electron chi connectivity index (χ2n) is 7.30. The van der Waals surface area contributed by atoms with Crippen LogP contribution in [0.1, 0.15) is 35.0 Å². The van der Waals surface area contributed by atoms with Gasteiger partial charge in [-0.3, -0.25) is 9.59 Å². The summed E-state index contributed by atoms with van der Waals surface area (Å²) in [6, 6.07) is 27.3. The molecule has 0 atom stereocenters. The maximum Gasteiger partial charge on any atom is 0.289 e. The van der Waals surface area contributed by atoms with Gasteiger partial charge >= 0.3 is 0 Å². The van der Waals surface area contributed by atoms with E-state index in [1.54, 1.807) is 6.07 Å². The number of fused-ring (bicyclic) bond motifs is 1. The topological polar surface area (TPSA) is 65.1 Å². The van der Waals surface area contributed by atoms with E-state index >= 15 is 0 Å². The molecule has 149 valence electrons. The molecule has 4 nitrogen and oxygen atoms in total. The van der Waals surface area contributed by atoms with E-state index in [4.69, 9.17) is 5.73 Å². The number of Topliss-reactive ketones (excluding diaryl/α,β-unsaturated/α-hetero) is 1. The van der Waals surface area contributed by atoms with Crippen LogP contribution >= 0.6 is 0 Å². The zero-order valence-corrected chi connectivity index (χ0v) is 16.9. The van der Waals surface area contributed by atoms with Gasteiger partial charge in [0.1, 0.15) is 0 Å². The highest BCUT2D eigenvalue weighted by molar-refractivity contribution is 6.44. The fourth-order valence-electron chi connectivity index (χ4n) is 4.05. The van der Waals surface area contributed by atoms with Gasteiger partial charge in [0.2, 0.25) is 0 Å². The Morgan fingerprint density at radius 2 is 1.70 bits per heavy atom. The van der Waals surface area contributed by atoms with Crippen molar-refractivity contribution in [2.45, 2.75) is 26.3 Å². The Bertz CT molecular complexity index is 1220. The second-order valence-corrected chi connectivity index (χ2v) is 7.30. The highest BCUT2D eigenvalue weighted by Crippen LogP contribution is 2.31. The lowest BCUT2D eigenvalue weighted by molar-refractivity contribution is -0.114. The van der Waals surface area contributed by atoms with Crippen LogP contribution < -0.4 is 5.73 Å². The smallest absolute Gasteiger partial charge is 0.289 e. The summed E-state index contributed by atoms with van der Waals surface area (Å²) in [4.78, 5) is 24.5. The van der Waals surface area contributed by atoms with Gasteiger partial charge in [0.05, 0.1) is 5.56 Å². The summed E-state index contributed by atoms with van der Waals surface area (Å²) >= 11 is 0. The number of carbonyl (C=O) groups excluding carboxylic acids is 2. The van der Waals surface area contributed by atoms with Crippen molar-refractivity contribution in [1.29, 1.82) is 0 Å².